The van der Waals surface area contributed by atoms with Crippen LogP contribution in [0.3, 0.4) is 0 Å². The molecule has 5 rings (SSSR count). The summed E-state index contributed by atoms with van der Waals surface area (Å²) in [6.45, 7) is 4.77. The molecular weight excluding hydrogens is 438 g/mol. The van der Waals surface area contributed by atoms with Crippen molar-refractivity contribution in [2.24, 2.45) is 5.10 Å². The van der Waals surface area contributed by atoms with Gasteiger partial charge in [-0.2, -0.15) is 20.1 Å². The zero-order valence-corrected chi connectivity index (χ0v) is 19.6. The smallest absolute Gasteiger partial charge is 0.250 e. The highest BCUT2D eigenvalue weighted by Crippen LogP contribution is 2.26. The molecule has 0 saturated carbocycles. The van der Waals surface area contributed by atoms with Gasteiger partial charge in [-0.25, -0.2) is 5.43 Å². The fraction of sp³-hybridized carbons (Fsp3) is 0.185. The van der Waals surface area contributed by atoms with Crippen molar-refractivity contribution in [1.29, 1.82) is 0 Å². The van der Waals surface area contributed by atoms with Crippen LogP contribution < -0.4 is 15.6 Å². The van der Waals surface area contributed by atoms with Crippen molar-refractivity contribution >= 4 is 46.1 Å². The van der Waals surface area contributed by atoms with Crippen molar-refractivity contribution in [2.45, 2.75) is 6.92 Å². The number of hydrogen-bond acceptors (Lipinski definition) is 8. The van der Waals surface area contributed by atoms with E-state index in [1.54, 1.807) is 6.21 Å². The minimum Gasteiger partial charge on any atom is -0.378 e. The lowest BCUT2D eigenvalue weighted by molar-refractivity contribution is 0.122. The zero-order chi connectivity index (χ0) is 23.9. The SMILES string of the molecule is C/C(=C/C=N/Nc1nc(Nc2cccc3ccccc23)nc(N2CCOCC2)n1)c1ccccc1. The number of anilines is 4. The summed E-state index contributed by atoms with van der Waals surface area (Å²) in [5.74, 6) is 1.40. The number of nitrogens with one attached hydrogen (secondary N) is 2. The van der Waals surface area contributed by atoms with Crippen LogP contribution in [0.25, 0.3) is 16.3 Å². The van der Waals surface area contributed by atoms with Gasteiger partial charge >= 0.3 is 0 Å². The van der Waals surface area contributed by atoms with Gasteiger partial charge in [0.1, 0.15) is 0 Å². The molecule has 1 aromatic heterocycles. The van der Waals surface area contributed by atoms with Gasteiger partial charge in [0, 0.05) is 30.4 Å². The second kappa shape index (κ2) is 10.8. The van der Waals surface area contributed by atoms with Gasteiger partial charge in [-0.05, 0) is 35.6 Å². The van der Waals surface area contributed by atoms with E-state index in [9.17, 15) is 0 Å². The Morgan fingerprint density at radius 3 is 2.49 bits per heavy atom. The first-order valence-electron chi connectivity index (χ1n) is 11.6. The molecule has 1 saturated heterocycles. The highest BCUT2D eigenvalue weighted by Gasteiger charge is 2.17. The average molecular weight is 466 g/mol. The van der Waals surface area contributed by atoms with Crippen molar-refractivity contribution in [3.8, 4) is 0 Å². The molecule has 2 N–H and O–H groups in total. The third kappa shape index (κ3) is 5.62. The van der Waals surface area contributed by atoms with Crippen LogP contribution >= 0.6 is 0 Å². The van der Waals surface area contributed by atoms with Crippen molar-refractivity contribution in [3.05, 3.63) is 84.4 Å². The summed E-state index contributed by atoms with van der Waals surface area (Å²) < 4.78 is 5.49. The van der Waals surface area contributed by atoms with Gasteiger partial charge in [-0.1, -0.05) is 66.7 Å². The predicted molar refractivity (Wildman–Crippen MR) is 142 cm³/mol. The highest BCUT2D eigenvalue weighted by atomic mass is 16.5. The molecule has 0 atom stereocenters. The van der Waals surface area contributed by atoms with Gasteiger partial charge in [-0.15, -0.1) is 0 Å². The number of ether oxygens (including phenoxy) is 1. The van der Waals surface area contributed by atoms with E-state index in [1.807, 2.05) is 55.5 Å². The first kappa shape index (κ1) is 22.5. The minimum absolute atomic E-state index is 0.367. The summed E-state index contributed by atoms with van der Waals surface area (Å²) in [4.78, 5) is 15.9. The minimum atomic E-state index is 0.367. The monoisotopic (exact) mass is 465 g/mol. The van der Waals surface area contributed by atoms with Gasteiger partial charge in [0.05, 0.1) is 13.2 Å². The molecular formula is C27H27N7O. The van der Waals surface area contributed by atoms with Crippen LogP contribution in [0, 0.1) is 0 Å². The standard InChI is InChI=1S/C27H27N7O/c1-20(21-8-3-2-4-9-21)14-15-28-33-26-30-25(31-27(32-26)34-16-18-35-19-17-34)29-24-13-7-11-22-10-5-6-12-23(22)24/h2-15H,16-19H2,1H3,(H2,29,30,31,32,33)/b20-14-,28-15+. The van der Waals surface area contributed by atoms with Crippen LogP contribution in [-0.4, -0.2) is 47.5 Å². The van der Waals surface area contributed by atoms with E-state index in [4.69, 9.17) is 4.74 Å². The van der Waals surface area contributed by atoms with E-state index >= 15 is 0 Å². The van der Waals surface area contributed by atoms with Gasteiger partial charge in [-0.3, -0.25) is 0 Å². The van der Waals surface area contributed by atoms with Gasteiger partial charge in [0.15, 0.2) is 0 Å². The van der Waals surface area contributed by atoms with Gasteiger partial charge < -0.3 is 15.0 Å². The number of fused-ring (bicyclic) bond motifs is 1. The van der Waals surface area contributed by atoms with E-state index in [0.717, 1.165) is 40.7 Å². The summed E-state index contributed by atoms with van der Waals surface area (Å²) in [6.07, 6.45) is 3.65. The lowest BCUT2D eigenvalue weighted by atomic mass is 10.1. The molecule has 0 spiro atoms. The largest absolute Gasteiger partial charge is 0.378 e. The van der Waals surface area contributed by atoms with Crippen molar-refractivity contribution in [2.75, 3.05) is 41.9 Å². The topological polar surface area (TPSA) is 87.6 Å². The number of hydrogen-bond donors (Lipinski definition) is 2. The number of morpholine rings is 1. The molecule has 1 aliphatic heterocycles. The van der Waals surface area contributed by atoms with E-state index in [2.05, 4.69) is 66.0 Å². The summed E-state index contributed by atoms with van der Waals surface area (Å²) in [7, 11) is 0. The lowest BCUT2D eigenvalue weighted by Gasteiger charge is -2.27. The number of benzene rings is 3. The van der Waals surface area contributed by atoms with E-state index in [-0.39, 0.29) is 0 Å². The van der Waals surface area contributed by atoms with Gasteiger partial charge in [0.25, 0.3) is 0 Å². The molecule has 0 aliphatic carbocycles. The van der Waals surface area contributed by atoms with E-state index in [0.29, 0.717) is 31.1 Å². The molecule has 35 heavy (non-hydrogen) atoms. The van der Waals surface area contributed by atoms with Crippen LogP contribution in [0.1, 0.15) is 12.5 Å². The molecule has 0 bridgehead atoms. The molecule has 3 aromatic carbocycles. The molecule has 0 radical (unpaired) electrons. The molecule has 1 aliphatic rings. The first-order valence-corrected chi connectivity index (χ1v) is 11.6. The van der Waals surface area contributed by atoms with E-state index < -0.39 is 0 Å². The zero-order valence-electron chi connectivity index (χ0n) is 19.6. The Balaban J connectivity index is 1.40. The maximum Gasteiger partial charge on any atom is 0.250 e. The Morgan fingerprint density at radius 1 is 0.886 bits per heavy atom. The molecule has 4 aromatic rings. The number of aromatic nitrogens is 3. The Hall–Kier alpha value is -4.30. The van der Waals surface area contributed by atoms with Crippen molar-refractivity contribution in [1.82, 2.24) is 15.0 Å². The fourth-order valence-corrected chi connectivity index (χ4v) is 3.87. The number of allylic oxidation sites excluding steroid dienone is 2. The third-order valence-corrected chi connectivity index (χ3v) is 5.75. The molecule has 2 heterocycles. The fourth-order valence-electron chi connectivity index (χ4n) is 3.87. The summed E-state index contributed by atoms with van der Waals surface area (Å²) in [5, 5.41) is 9.93. The van der Waals surface area contributed by atoms with Crippen molar-refractivity contribution < 1.29 is 4.74 Å². The molecule has 8 nitrogen and oxygen atoms in total. The lowest BCUT2D eigenvalue weighted by Crippen LogP contribution is -2.37. The maximum absolute atomic E-state index is 5.49. The van der Waals surface area contributed by atoms with Gasteiger partial charge in [0.2, 0.25) is 17.8 Å². The second-order valence-electron chi connectivity index (χ2n) is 8.14. The Kier molecular flexibility index (Phi) is 6.91. The molecule has 1 fully saturated rings. The Morgan fingerprint density at radius 2 is 1.63 bits per heavy atom. The number of rotatable bonds is 7. The molecule has 0 unspecified atom stereocenters. The molecule has 8 heteroatoms. The number of nitrogens with zero attached hydrogens (tertiary/aromatic N) is 5. The average Bonchev–Trinajstić information content (AvgIpc) is 2.92. The normalized spacial score (nSPS) is 14.4. The van der Waals surface area contributed by atoms with E-state index in [1.165, 1.54) is 0 Å². The number of hydrazone groups is 1. The van der Waals surface area contributed by atoms with Crippen LogP contribution in [0.5, 0.6) is 0 Å². The summed E-state index contributed by atoms with van der Waals surface area (Å²) in [5.41, 5.74) is 6.15. The van der Waals surface area contributed by atoms with Crippen molar-refractivity contribution in [3.63, 3.8) is 0 Å². The highest BCUT2D eigenvalue weighted by molar-refractivity contribution is 5.95. The summed E-state index contributed by atoms with van der Waals surface area (Å²) in [6, 6.07) is 24.5. The Labute approximate surface area is 204 Å². The maximum atomic E-state index is 5.49. The molecule has 0 amide bonds. The Bertz CT molecular complexity index is 1340. The van der Waals surface area contributed by atoms with Crippen LogP contribution in [0.4, 0.5) is 23.5 Å². The second-order valence-corrected chi connectivity index (χ2v) is 8.14. The summed E-state index contributed by atoms with van der Waals surface area (Å²) >= 11 is 0. The molecule has 176 valence electrons. The first-order chi connectivity index (χ1) is 17.3. The third-order valence-electron chi connectivity index (χ3n) is 5.75. The van der Waals surface area contributed by atoms with Crippen LogP contribution in [0.2, 0.25) is 0 Å². The van der Waals surface area contributed by atoms with Crippen LogP contribution in [-0.2, 0) is 4.74 Å². The quantitative estimate of drug-likeness (QED) is 0.290. The van der Waals surface area contributed by atoms with Crippen LogP contribution in [0.15, 0.2) is 84.0 Å². The predicted octanol–water partition coefficient (Wildman–Crippen LogP) is 5.11.